The summed E-state index contributed by atoms with van der Waals surface area (Å²) in [6.07, 6.45) is 11.9. The molecule has 232 valence electrons. The molecule has 9 rings (SSSR count). The molecule has 0 bridgehead atoms. The topological polar surface area (TPSA) is 26.6 Å². The van der Waals surface area contributed by atoms with Crippen LogP contribution in [0, 0.1) is 5.92 Å². The van der Waals surface area contributed by atoms with Gasteiger partial charge in [0.15, 0.2) is 0 Å². The maximum atomic E-state index is 14.4. The highest BCUT2D eigenvalue weighted by atomic mass is 28.3. The number of amides is 1. The van der Waals surface area contributed by atoms with Crippen molar-refractivity contribution < 1.29 is 4.79 Å². The monoisotopic (exact) mass is 614 g/mol. The standard InChI is InChI=1S/C40H48N3OSi/c1-26-16-22-43(23-17-26)40(44)30-13-5-4-12-29(30)35-33-24-27-10-6-18-41-20-8-14-31(36(27)41)38(33)45(2,3)39-32-15-9-21-42-19-7-11-28(37(32)42)25-34(35)39/h4-5,12-13,24-26H,6-11,14-23H2,1-3H3/q+1. The van der Waals surface area contributed by atoms with Crippen molar-refractivity contribution in [2.75, 3.05) is 44.2 Å². The van der Waals surface area contributed by atoms with Gasteiger partial charge in [0, 0.05) is 61.4 Å². The molecular formula is C40H48N3OSi+. The number of likely N-dealkylation sites (tertiary alicyclic amines) is 1. The molecule has 0 N–H and O–H groups in total. The largest absolute Gasteiger partial charge is 0.371 e. The van der Waals surface area contributed by atoms with Gasteiger partial charge in [0.2, 0.25) is 5.36 Å². The first-order chi connectivity index (χ1) is 21.9. The van der Waals surface area contributed by atoms with Gasteiger partial charge < -0.3 is 9.80 Å². The first kappa shape index (κ1) is 28.1. The first-order valence-corrected chi connectivity index (χ1v) is 21.1. The van der Waals surface area contributed by atoms with Crippen molar-refractivity contribution in [1.29, 1.82) is 0 Å². The number of fused-ring (bicyclic) bond motifs is 4. The Morgan fingerprint density at radius 1 is 0.800 bits per heavy atom. The third-order valence-electron chi connectivity index (χ3n) is 12.3. The van der Waals surface area contributed by atoms with E-state index in [4.69, 9.17) is 0 Å². The fourth-order valence-electron chi connectivity index (χ4n) is 10.4. The Kier molecular flexibility index (Phi) is 6.50. The number of carbonyl (C=O) groups excluding carboxylic acids is 1. The van der Waals surface area contributed by atoms with Crippen molar-refractivity contribution in [2.24, 2.45) is 5.92 Å². The van der Waals surface area contributed by atoms with Gasteiger partial charge in [-0.2, -0.15) is 0 Å². The van der Waals surface area contributed by atoms with Crippen molar-refractivity contribution in [3.05, 3.63) is 85.9 Å². The zero-order valence-electron chi connectivity index (χ0n) is 27.6. The summed E-state index contributed by atoms with van der Waals surface area (Å²) in [6.45, 7) is 14.2. The minimum absolute atomic E-state index is 0.228. The maximum absolute atomic E-state index is 14.4. The van der Waals surface area contributed by atoms with Crippen molar-refractivity contribution in [2.45, 2.75) is 84.2 Å². The number of aryl methyl sites for hydroxylation is 2. The summed E-state index contributed by atoms with van der Waals surface area (Å²) in [6, 6.07) is 13.9. The van der Waals surface area contributed by atoms with Gasteiger partial charge in [-0.3, -0.25) is 4.79 Å². The Bertz CT molecular complexity index is 1890. The number of nitrogens with zero attached hydrogens (tertiary/aromatic N) is 3. The molecule has 1 amide bonds. The summed E-state index contributed by atoms with van der Waals surface area (Å²) in [7, 11) is -2.10. The molecule has 0 saturated carbocycles. The van der Waals surface area contributed by atoms with Gasteiger partial charge in [-0.25, -0.2) is 4.58 Å². The van der Waals surface area contributed by atoms with Crippen LogP contribution < -0.4 is 30.4 Å². The van der Waals surface area contributed by atoms with E-state index < -0.39 is 8.07 Å². The van der Waals surface area contributed by atoms with Crippen LogP contribution in [0.4, 0.5) is 5.69 Å². The number of hydrogen-bond donors (Lipinski definition) is 0. The van der Waals surface area contributed by atoms with E-state index in [1.54, 1.807) is 43.7 Å². The highest BCUT2D eigenvalue weighted by Gasteiger charge is 2.44. The van der Waals surface area contributed by atoms with Gasteiger partial charge in [0.25, 0.3) is 5.91 Å². The van der Waals surface area contributed by atoms with E-state index >= 15 is 0 Å². The zero-order valence-corrected chi connectivity index (χ0v) is 28.6. The Hall–Kier alpha value is -3.18. The first-order valence-electron chi connectivity index (χ1n) is 18.1. The normalized spacial score (nSPS) is 21.6. The van der Waals surface area contributed by atoms with E-state index in [1.165, 1.54) is 99.5 Å². The molecule has 4 nitrogen and oxygen atoms in total. The van der Waals surface area contributed by atoms with Crippen LogP contribution in [0.3, 0.4) is 0 Å². The van der Waals surface area contributed by atoms with Crippen molar-refractivity contribution in [3.8, 4) is 0 Å². The van der Waals surface area contributed by atoms with E-state index in [2.05, 4.69) is 70.8 Å². The Labute approximate surface area is 269 Å². The lowest BCUT2D eigenvalue weighted by Gasteiger charge is -2.44. The van der Waals surface area contributed by atoms with Crippen LogP contribution in [-0.2, 0) is 25.7 Å². The van der Waals surface area contributed by atoms with Gasteiger partial charge >= 0.3 is 0 Å². The number of carbonyl (C=O) groups is 1. The van der Waals surface area contributed by atoms with Gasteiger partial charge in [-0.15, -0.1) is 0 Å². The molecule has 1 fully saturated rings. The van der Waals surface area contributed by atoms with Gasteiger partial charge in [-0.05, 0) is 119 Å². The molecule has 6 aliphatic rings. The lowest BCUT2D eigenvalue weighted by molar-refractivity contribution is 0.0697. The highest BCUT2D eigenvalue weighted by Crippen LogP contribution is 2.40. The third kappa shape index (κ3) is 4.14. The van der Waals surface area contributed by atoms with Crippen LogP contribution >= 0.6 is 0 Å². The van der Waals surface area contributed by atoms with E-state index in [1.807, 2.05) is 0 Å². The molecule has 0 atom stereocenters. The summed E-state index contributed by atoms with van der Waals surface area (Å²) < 4.78 is 2.73. The smallest absolute Gasteiger partial charge is 0.254 e. The Morgan fingerprint density at radius 3 is 2.33 bits per heavy atom. The van der Waals surface area contributed by atoms with Crippen molar-refractivity contribution >= 4 is 35.6 Å². The van der Waals surface area contributed by atoms with Crippen LogP contribution in [0.25, 0.3) is 5.57 Å². The second-order valence-corrected chi connectivity index (χ2v) is 19.7. The molecular weight excluding hydrogens is 567 g/mol. The van der Waals surface area contributed by atoms with Crippen LogP contribution in [0.5, 0.6) is 0 Å². The molecule has 0 aromatic heterocycles. The fourth-order valence-corrected chi connectivity index (χ4v) is 14.4. The van der Waals surface area contributed by atoms with Crippen molar-refractivity contribution in [1.82, 2.24) is 9.48 Å². The minimum atomic E-state index is -2.10. The van der Waals surface area contributed by atoms with Crippen LogP contribution in [-0.4, -0.2) is 58.1 Å². The maximum Gasteiger partial charge on any atom is 0.254 e. The Morgan fingerprint density at radius 2 is 1.51 bits per heavy atom. The van der Waals surface area contributed by atoms with Gasteiger partial charge in [0.1, 0.15) is 21.2 Å². The predicted octanol–water partition coefficient (Wildman–Crippen LogP) is 4.02. The molecule has 45 heavy (non-hydrogen) atoms. The number of piperidine rings is 1. The lowest BCUT2D eigenvalue weighted by atomic mass is 9.83. The molecule has 3 aromatic carbocycles. The molecule has 6 heterocycles. The average molecular weight is 615 g/mol. The van der Waals surface area contributed by atoms with Crippen LogP contribution in [0.1, 0.15) is 89.2 Å². The Balaban J connectivity index is 1.40. The summed E-state index contributed by atoms with van der Waals surface area (Å²) in [4.78, 5) is 19.3. The SMILES string of the molecule is CC1CCN(C(=O)c2ccccc2C2=c3cc4c5c(c3[Si](C)(C)c3c2cc2c6c3CCCN6CCC2)CCC[N+]=5CCC4)CC1. The molecule has 0 radical (unpaired) electrons. The third-order valence-corrected chi connectivity index (χ3v) is 16.0. The summed E-state index contributed by atoms with van der Waals surface area (Å²) in [5.41, 5.74) is 12.9. The molecule has 5 heteroatoms. The highest BCUT2D eigenvalue weighted by molar-refractivity contribution is 7.02. The molecule has 1 saturated heterocycles. The zero-order chi connectivity index (χ0) is 30.4. The summed E-state index contributed by atoms with van der Waals surface area (Å²) in [5.74, 6) is 0.930. The second-order valence-electron chi connectivity index (χ2n) is 15.5. The van der Waals surface area contributed by atoms with E-state index in [0.29, 0.717) is 5.92 Å². The average Bonchev–Trinajstić information content (AvgIpc) is 3.05. The second kappa shape index (κ2) is 10.4. The van der Waals surface area contributed by atoms with Crippen LogP contribution in [0.2, 0.25) is 13.1 Å². The van der Waals surface area contributed by atoms with Gasteiger partial charge in [-0.1, -0.05) is 38.2 Å². The van der Waals surface area contributed by atoms with E-state index in [0.717, 1.165) is 31.5 Å². The number of anilines is 1. The van der Waals surface area contributed by atoms with E-state index in [-0.39, 0.29) is 5.91 Å². The lowest BCUT2D eigenvalue weighted by Crippen LogP contribution is -2.68. The van der Waals surface area contributed by atoms with E-state index in [9.17, 15) is 4.79 Å². The molecule has 6 aliphatic heterocycles. The summed E-state index contributed by atoms with van der Waals surface area (Å²) in [5, 5.41) is 6.44. The number of rotatable bonds is 2. The molecule has 0 spiro atoms. The molecule has 0 unspecified atom stereocenters. The number of hydrogen-bond acceptors (Lipinski definition) is 2. The number of benzene rings is 3. The van der Waals surface area contributed by atoms with Gasteiger partial charge in [0.05, 0.1) is 0 Å². The molecule has 3 aromatic rings. The molecule has 0 aliphatic carbocycles. The summed E-state index contributed by atoms with van der Waals surface area (Å²) >= 11 is 0. The van der Waals surface area contributed by atoms with Crippen molar-refractivity contribution in [3.63, 3.8) is 0 Å². The fraction of sp³-hybridized carbons (Fsp3) is 0.500. The minimum Gasteiger partial charge on any atom is -0.371 e. The van der Waals surface area contributed by atoms with Crippen LogP contribution in [0.15, 0.2) is 36.4 Å². The quantitative estimate of drug-likeness (QED) is 0.322. The predicted molar refractivity (Wildman–Crippen MR) is 188 cm³/mol.